The summed E-state index contributed by atoms with van der Waals surface area (Å²) in [5.41, 5.74) is 16.5. The van der Waals surface area contributed by atoms with Crippen molar-refractivity contribution in [3.63, 3.8) is 0 Å². The van der Waals surface area contributed by atoms with E-state index in [9.17, 15) is 0 Å². The molecule has 15 rings (SSSR count). The molecule has 0 aliphatic heterocycles. The van der Waals surface area contributed by atoms with Gasteiger partial charge >= 0.3 is 0 Å². The number of hydrogen-bond donors (Lipinski definition) is 0. The Balaban J connectivity index is 0.920. The Morgan fingerprint density at radius 3 is 0.750 bits per heavy atom. The van der Waals surface area contributed by atoms with E-state index in [-0.39, 0.29) is 0 Å². The van der Waals surface area contributed by atoms with Gasteiger partial charge < -0.3 is 9.80 Å². The van der Waals surface area contributed by atoms with E-state index in [1.165, 1.54) is 120 Å². The number of rotatable bonds is 10. The fourth-order valence-corrected chi connectivity index (χ4v) is 12.8. The Bertz CT molecular complexity index is 4600. The summed E-state index contributed by atoms with van der Waals surface area (Å²) in [7, 11) is 0. The van der Waals surface area contributed by atoms with Gasteiger partial charge in [-0.05, 0) is 186 Å². The molecule has 0 saturated carbocycles. The number of anilines is 6. The van der Waals surface area contributed by atoms with E-state index < -0.39 is 0 Å². The zero-order valence-electron chi connectivity index (χ0n) is 45.3. The maximum absolute atomic E-state index is 2.44. The Morgan fingerprint density at radius 1 is 0.200 bits per heavy atom. The van der Waals surface area contributed by atoms with Gasteiger partial charge in [-0.15, -0.1) is 0 Å². The molecule has 80 heavy (non-hydrogen) atoms. The van der Waals surface area contributed by atoms with Crippen LogP contribution in [-0.2, 0) is 0 Å². The number of aryl methyl sites for hydroxylation is 4. The first-order valence-electron chi connectivity index (χ1n) is 27.9. The summed E-state index contributed by atoms with van der Waals surface area (Å²) in [6, 6.07) is 90.8. The monoisotopic (exact) mass is 1020 g/mol. The van der Waals surface area contributed by atoms with Crippen LogP contribution in [0, 0.1) is 27.7 Å². The van der Waals surface area contributed by atoms with E-state index in [1.54, 1.807) is 0 Å². The first-order valence-corrected chi connectivity index (χ1v) is 27.9. The molecule has 0 N–H and O–H groups in total. The molecule has 15 aromatic carbocycles. The summed E-state index contributed by atoms with van der Waals surface area (Å²) in [6.07, 6.45) is 8.79. The van der Waals surface area contributed by atoms with Gasteiger partial charge in [-0.2, -0.15) is 0 Å². The molecule has 15 aromatic rings. The largest absolute Gasteiger partial charge is 0.310 e. The molecular weight excluding hydrogens is 965 g/mol. The van der Waals surface area contributed by atoms with Crippen molar-refractivity contribution < 1.29 is 0 Å². The Kier molecular flexibility index (Phi) is 11.1. The molecule has 0 aliphatic rings. The van der Waals surface area contributed by atoms with Crippen LogP contribution in [0.15, 0.2) is 243 Å². The molecule has 0 spiro atoms. The maximum Gasteiger partial charge on any atom is 0.0540 e. The standard InChI is InChI=1S/C78H56N2/c1-49-17-25-53(26-18-49)29-31-55-33-41-59(42-34-55)79(57-37-21-51(3)22-38-57)71-47-45-69-73-61(9-5-13-65(71)73)63-11-7-16-68-75(63)77(69)67-15-8-12-64-62-10-6-14-66-72(48-46-70(74(62)66)78(68)76(64)67)80(58-39-23-52(4)24-40-58)60-43-35-56(36-44-60)32-30-54-27-19-50(2)20-28-54/h5-48H,1-4H3. The van der Waals surface area contributed by atoms with Gasteiger partial charge in [-0.3, -0.25) is 0 Å². The van der Waals surface area contributed by atoms with Crippen LogP contribution in [0.3, 0.4) is 0 Å². The van der Waals surface area contributed by atoms with Crippen molar-refractivity contribution >= 4 is 145 Å². The van der Waals surface area contributed by atoms with Crippen LogP contribution in [0.1, 0.15) is 44.5 Å². The van der Waals surface area contributed by atoms with Crippen LogP contribution in [0.25, 0.3) is 110 Å². The first-order chi connectivity index (χ1) is 39.3. The minimum absolute atomic E-state index is 1.11. The molecule has 378 valence electrons. The summed E-state index contributed by atoms with van der Waals surface area (Å²) in [5, 5.41) is 20.5. The van der Waals surface area contributed by atoms with Crippen LogP contribution in [-0.4, -0.2) is 0 Å². The lowest BCUT2D eigenvalue weighted by atomic mass is 9.81. The van der Waals surface area contributed by atoms with Crippen molar-refractivity contribution in [3.05, 3.63) is 287 Å². The highest BCUT2D eigenvalue weighted by atomic mass is 15.1. The normalized spacial score (nSPS) is 12.2. The van der Waals surface area contributed by atoms with Crippen molar-refractivity contribution in [2.45, 2.75) is 27.7 Å². The van der Waals surface area contributed by atoms with E-state index in [2.05, 4.69) is 304 Å². The van der Waals surface area contributed by atoms with E-state index in [0.29, 0.717) is 0 Å². The number of nitrogens with zero attached hydrogens (tertiary/aromatic N) is 2. The van der Waals surface area contributed by atoms with Crippen molar-refractivity contribution in [1.82, 2.24) is 0 Å². The third-order valence-electron chi connectivity index (χ3n) is 16.8. The zero-order valence-corrected chi connectivity index (χ0v) is 45.3. The minimum Gasteiger partial charge on any atom is -0.310 e. The molecule has 0 aliphatic carbocycles. The highest BCUT2D eigenvalue weighted by molar-refractivity contribution is 6.48. The van der Waals surface area contributed by atoms with Crippen molar-refractivity contribution in [1.29, 1.82) is 0 Å². The second kappa shape index (κ2) is 18.9. The zero-order chi connectivity index (χ0) is 53.6. The fourth-order valence-electron chi connectivity index (χ4n) is 12.8. The molecule has 0 unspecified atom stereocenters. The summed E-state index contributed by atoms with van der Waals surface area (Å²) >= 11 is 0. The second-order valence-electron chi connectivity index (χ2n) is 21.9. The summed E-state index contributed by atoms with van der Waals surface area (Å²) in [5.74, 6) is 0. The minimum atomic E-state index is 1.11. The van der Waals surface area contributed by atoms with Gasteiger partial charge in [0.05, 0.1) is 11.4 Å². The smallest absolute Gasteiger partial charge is 0.0540 e. The van der Waals surface area contributed by atoms with Gasteiger partial charge in [0.2, 0.25) is 0 Å². The lowest BCUT2D eigenvalue weighted by molar-refractivity contribution is 1.29. The number of fused-ring (bicyclic) bond motifs is 6. The molecule has 0 amide bonds. The van der Waals surface area contributed by atoms with E-state index >= 15 is 0 Å². The molecule has 0 radical (unpaired) electrons. The quantitative estimate of drug-likeness (QED) is 0.0765. The lowest BCUT2D eigenvalue weighted by Gasteiger charge is -2.29. The Labute approximate surface area is 466 Å². The van der Waals surface area contributed by atoms with Gasteiger partial charge in [0, 0.05) is 33.5 Å². The summed E-state index contributed by atoms with van der Waals surface area (Å²) in [4.78, 5) is 4.88. The van der Waals surface area contributed by atoms with Crippen LogP contribution < -0.4 is 9.80 Å². The van der Waals surface area contributed by atoms with Gasteiger partial charge in [-0.25, -0.2) is 0 Å². The van der Waals surface area contributed by atoms with Crippen molar-refractivity contribution in [2.75, 3.05) is 9.80 Å². The van der Waals surface area contributed by atoms with Gasteiger partial charge in [-0.1, -0.05) is 229 Å². The molecule has 0 heterocycles. The van der Waals surface area contributed by atoms with E-state index in [0.717, 1.165) is 45.3 Å². The number of hydrogen-bond acceptors (Lipinski definition) is 2. The lowest BCUT2D eigenvalue weighted by Crippen LogP contribution is -2.10. The molecule has 0 atom stereocenters. The molecule has 0 saturated heterocycles. The van der Waals surface area contributed by atoms with Crippen molar-refractivity contribution in [3.8, 4) is 0 Å². The molecule has 0 bridgehead atoms. The summed E-state index contributed by atoms with van der Waals surface area (Å²) in [6.45, 7) is 8.58. The molecule has 2 heteroatoms. The average Bonchev–Trinajstić information content (AvgIpc) is 3.68. The van der Waals surface area contributed by atoms with E-state index in [4.69, 9.17) is 0 Å². The SMILES string of the molecule is Cc1ccc(C=Cc2ccc(N(c3ccc(C)cc3)c3ccc4c5c3cccc5c3cccc5c3c4c3cccc4c6cccc7c(N(c8ccc(C)cc8)c8ccc(C=Cc9ccc(C)cc9)cc8)ccc(c76)c5c43)cc2)cc1. The molecular formula is C78H56N2. The highest BCUT2D eigenvalue weighted by Crippen LogP contribution is 2.53. The average molecular weight is 1020 g/mol. The predicted octanol–water partition coefficient (Wildman–Crippen LogP) is 22.3. The Hall–Kier alpha value is -10.0. The second-order valence-corrected chi connectivity index (χ2v) is 21.9. The third-order valence-corrected chi connectivity index (χ3v) is 16.8. The van der Waals surface area contributed by atoms with Crippen LogP contribution >= 0.6 is 0 Å². The van der Waals surface area contributed by atoms with Crippen molar-refractivity contribution in [2.24, 2.45) is 0 Å². The van der Waals surface area contributed by atoms with E-state index in [1.807, 2.05) is 0 Å². The molecule has 0 aromatic heterocycles. The van der Waals surface area contributed by atoms with Gasteiger partial charge in [0.1, 0.15) is 0 Å². The fraction of sp³-hybridized carbons (Fsp3) is 0.0513. The maximum atomic E-state index is 2.44. The van der Waals surface area contributed by atoms with Gasteiger partial charge in [0.25, 0.3) is 0 Å². The van der Waals surface area contributed by atoms with Gasteiger partial charge in [0.15, 0.2) is 0 Å². The highest BCUT2D eigenvalue weighted by Gasteiger charge is 2.26. The van der Waals surface area contributed by atoms with Crippen LogP contribution in [0.4, 0.5) is 34.1 Å². The molecule has 0 fully saturated rings. The molecule has 2 nitrogen and oxygen atoms in total. The Morgan fingerprint density at radius 2 is 0.425 bits per heavy atom. The predicted molar refractivity (Wildman–Crippen MR) is 348 cm³/mol. The van der Waals surface area contributed by atoms with Crippen LogP contribution in [0.2, 0.25) is 0 Å². The summed E-state index contributed by atoms with van der Waals surface area (Å²) < 4.78 is 0. The first kappa shape index (κ1) is 47.2. The third kappa shape index (κ3) is 7.78. The van der Waals surface area contributed by atoms with Crippen LogP contribution in [0.5, 0.6) is 0 Å². The topological polar surface area (TPSA) is 6.48 Å². The number of benzene rings is 15.